The molecule has 4 nitrogen and oxygen atoms in total. The second-order valence-electron chi connectivity index (χ2n) is 6.15. The molecule has 23 heavy (non-hydrogen) atoms. The molecule has 0 bridgehead atoms. The zero-order valence-corrected chi connectivity index (χ0v) is 14.5. The minimum absolute atomic E-state index is 0.0297. The van der Waals surface area contributed by atoms with Crippen LogP contribution in [0.4, 0.5) is 4.39 Å². The van der Waals surface area contributed by atoms with Gasteiger partial charge >= 0.3 is 0 Å². The molecular formula is C16H19Cl2FN3O+. The number of nitrogens with one attached hydrogen (secondary N) is 1. The van der Waals surface area contributed by atoms with E-state index in [0.717, 1.165) is 12.8 Å². The fraction of sp³-hybridized carbons (Fsp3) is 0.500. The van der Waals surface area contributed by atoms with Gasteiger partial charge in [-0.15, -0.1) is 0 Å². The number of nitriles is 1. The van der Waals surface area contributed by atoms with Crippen LogP contribution >= 0.6 is 23.2 Å². The topological polar surface area (TPSA) is 69.5 Å². The van der Waals surface area contributed by atoms with Crippen LogP contribution in [0.1, 0.15) is 38.3 Å². The molecule has 1 aliphatic rings. The smallest absolute Gasteiger partial charge is 0.276 e. The van der Waals surface area contributed by atoms with Crippen LogP contribution in [-0.4, -0.2) is 18.0 Å². The Balaban J connectivity index is 1.94. The first-order valence-corrected chi connectivity index (χ1v) is 8.22. The monoisotopic (exact) mass is 358 g/mol. The molecule has 3 N–H and O–H groups in total. The fourth-order valence-electron chi connectivity index (χ4n) is 2.52. The van der Waals surface area contributed by atoms with Gasteiger partial charge in [-0.25, -0.2) is 4.39 Å². The lowest BCUT2D eigenvalue weighted by Gasteiger charge is -2.22. The third kappa shape index (κ3) is 4.35. The number of carbonyl (C=O) groups is 1. The second-order valence-corrected chi connectivity index (χ2v) is 6.97. The van der Waals surface area contributed by atoms with Gasteiger partial charge in [-0.05, 0) is 44.7 Å². The average Bonchev–Trinajstić information content (AvgIpc) is 3.33. The Labute approximate surface area is 145 Å². The number of rotatable bonds is 6. The van der Waals surface area contributed by atoms with E-state index in [1.807, 2.05) is 6.92 Å². The first kappa shape index (κ1) is 18.0. The third-order valence-electron chi connectivity index (χ3n) is 4.21. The third-order valence-corrected chi connectivity index (χ3v) is 4.83. The minimum Gasteiger partial charge on any atom is -0.333 e. The second kappa shape index (κ2) is 7.04. The van der Waals surface area contributed by atoms with E-state index in [1.54, 1.807) is 12.2 Å². The maximum Gasteiger partial charge on any atom is 0.276 e. The predicted octanol–water partition coefficient (Wildman–Crippen LogP) is 2.57. The van der Waals surface area contributed by atoms with E-state index in [0.29, 0.717) is 10.6 Å². The van der Waals surface area contributed by atoms with E-state index >= 15 is 0 Å². The molecule has 1 amide bonds. The highest BCUT2D eigenvalue weighted by atomic mass is 35.5. The van der Waals surface area contributed by atoms with Crippen LogP contribution in [-0.2, 0) is 4.79 Å². The van der Waals surface area contributed by atoms with Gasteiger partial charge in [0.05, 0.1) is 16.1 Å². The highest BCUT2D eigenvalue weighted by molar-refractivity contribution is 6.35. The first-order valence-electron chi connectivity index (χ1n) is 7.47. The molecule has 1 fully saturated rings. The summed E-state index contributed by atoms with van der Waals surface area (Å²) < 4.78 is 13.6. The lowest BCUT2D eigenvalue weighted by molar-refractivity contribution is -0.682. The number of amides is 1. The number of halogens is 3. The number of benzene rings is 1. The normalized spacial score (nSPS) is 17.9. The van der Waals surface area contributed by atoms with Crippen molar-refractivity contribution in [2.45, 2.75) is 38.3 Å². The molecule has 1 aromatic carbocycles. The minimum atomic E-state index is -0.807. The molecule has 124 valence electrons. The van der Waals surface area contributed by atoms with Gasteiger partial charge < -0.3 is 10.6 Å². The van der Waals surface area contributed by atoms with Crippen LogP contribution in [0.2, 0.25) is 10.0 Å². The van der Waals surface area contributed by atoms with Crippen molar-refractivity contribution in [3.05, 3.63) is 33.6 Å². The Morgan fingerprint density at radius 1 is 1.52 bits per heavy atom. The molecule has 0 unspecified atom stereocenters. The van der Waals surface area contributed by atoms with Gasteiger partial charge in [0, 0.05) is 5.56 Å². The van der Waals surface area contributed by atoms with Crippen molar-refractivity contribution in [2.75, 3.05) is 6.54 Å². The van der Waals surface area contributed by atoms with Crippen molar-refractivity contribution in [1.82, 2.24) is 5.32 Å². The summed E-state index contributed by atoms with van der Waals surface area (Å²) in [7, 11) is 0. The van der Waals surface area contributed by atoms with Crippen LogP contribution < -0.4 is 10.6 Å². The van der Waals surface area contributed by atoms with E-state index in [1.165, 1.54) is 12.1 Å². The summed E-state index contributed by atoms with van der Waals surface area (Å²) in [6, 6.07) is 4.61. The van der Waals surface area contributed by atoms with E-state index in [-0.39, 0.29) is 29.4 Å². The Morgan fingerprint density at radius 2 is 2.17 bits per heavy atom. The Morgan fingerprint density at radius 3 is 2.74 bits per heavy atom. The highest BCUT2D eigenvalue weighted by Gasteiger charge is 2.43. The summed E-state index contributed by atoms with van der Waals surface area (Å²) in [4.78, 5) is 12.1. The molecule has 1 aliphatic carbocycles. The molecule has 0 saturated heterocycles. The summed E-state index contributed by atoms with van der Waals surface area (Å²) in [5, 5.41) is 14.1. The predicted molar refractivity (Wildman–Crippen MR) is 86.5 cm³/mol. The van der Waals surface area contributed by atoms with Crippen LogP contribution in [0.3, 0.4) is 0 Å². The number of quaternary nitrogens is 1. The quantitative estimate of drug-likeness (QED) is 0.767. The van der Waals surface area contributed by atoms with E-state index in [9.17, 15) is 14.4 Å². The maximum atomic E-state index is 13.6. The molecule has 1 aromatic rings. The van der Waals surface area contributed by atoms with Crippen LogP contribution in [0.25, 0.3) is 0 Å². The average molecular weight is 359 g/mol. The number of nitrogens with zero attached hydrogens (tertiary/aromatic N) is 1. The van der Waals surface area contributed by atoms with E-state index in [2.05, 4.69) is 11.4 Å². The molecule has 0 spiro atoms. The first-order chi connectivity index (χ1) is 10.8. The zero-order chi connectivity index (χ0) is 17.2. The molecule has 0 aromatic heterocycles. The summed E-state index contributed by atoms with van der Waals surface area (Å²) in [6.45, 7) is 3.70. The van der Waals surface area contributed by atoms with Crippen LogP contribution in [0.5, 0.6) is 0 Å². The van der Waals surface area contributed by atoms with Crippen molar-refractivity contribution in [1.29, 1.82) is 5.26 Å². The zero-order valence-electron chi connectivity index (χ0n) is 13.0. The summed E-state index contributed by atoms with van der Waals surface area (Å²) in [5.74, 6) is -0.534. The van der Waals surface area contributed by atoms with Gasteiger partial charge in [-0.1, -0.05) is 23.2 Å². The molecular weight excluding hydrogens is 340 g/mol. The van der Waals surface area contributed by atoms with Crippen molar-refractivity contribution < 1.29 is 14.5 Å². The van der Waals surface area contributed by atoms with Crippen LogP contribution in [0.15, 0.2) is 12.1 Å². The lowest BCUT2D eigenvalue weighted by Crippen LogP contribution is -2.87. The SMILES string of the molecule is C[C@H]([NH2+]CC(=O)N[C@](C)(C#N)C1CC1)c1cc(F)c(Cl)cc1Cl. The molecule has 0 aliphatic heterocycles. The Kier molecular flexibility index (Phi) is 5.51. The van der Waals surface area contributed by atoms with Crippen LogP contribution in [0, 0.1) is 23.1 Å². The largest absolute Gasteiger partial charge is 0.333 e. The van der Waals surface area contributed by atoms with Crippen molar-refractivity contribution in [3.63, 3.8) is 0 Å². The molecule has 0 heterocycles. The van der Waals surface area contributed by atoms with Crippen molar-refractivity contribution in [2.24, 2.45) is 5.92 Å². The van der Waals surface area contributed by atoms with Gasteiger partial charge in [0.1, 0.15) is 17.4 Å². The molecule has 1 saturated carbocycles. The van der Waals surface area contributed by atoms with Crippen molar-refractivity contribution >= 4 is 29.1 Å². The highest BCUT2D eigenvalue weighted by Crippen LogP contribution is 2.39. The molecule has 2 rings (SSSR count). The summed E-state index contributed by atoms with van der Waals surface area (Å²) in [6.07, 6.45) is 1.92. The van der Waals surface area contributed by atoms with E-state index in [4.69, 9.17) is 23.2 Å². The number of hydrogen-bond acceptors (Lipinski definition) is 2. The van der Waals surface area contributed by atoms with E-state index < -0.39 is 11.4 Å². The van der Waals surface area contributed by atoms with Crippen molar-refractivity contribution in [3.8, 4) is 6.07 Å². The standard InChI is InChI=1S/C16H18Cl2FN3O/c1-9(11-5-14(19)13(18)6-12(11)17)21-7-15(23)22-16(2,8-20)10-3-4-10/h5-6,9-10,21H,3-4,7H2,1-2H3,(H,22,23)/p+1/t9-,16+/m0/s1. The lowest BCUT2D eigenvalue weighted by atomic mass is 9.98. The van der Waals surface area contributed by atoms with Gasteiger partial charge in [0.15, 0.2) is 6.54 Å². The summed E-state index contributed by atoms with van der Waals surface area (Å²) >= 11 is 11.8. The number of hydrogen-bond donors (Lipinski definition) is 2. The molecule has 2 atom stereocenters. The van der Waals surface area contributed by atoms with Gasteiger partial charge in [-0.3, -0.25) is 4.79 Å². The molecule has 0 radical (unpaired) electrons. The van der Waals surface area contributed by atoms with Gasteiger partial charge in [0.2, 0.25) is 0 Å². The number of nitrogens with two attached hydrogens (primary N) is 1. The van der Waals surface area contributed by atoms with Gasteiger partial charge in [-0.2, -0.15) is 5.26 Å². The fourth-order valence-corrected chi connectivity index (χ4v) is 3.08. The molecule has 7 heteroatoms. The maximum absolute atomic E-state index is 13.6. The van der Waals surface area contributed by atoms with Gasteiger partial charge in [0.25, 0.3) is 5.91 Å². The summed E-state index contributed by atoms with van der Waals surface area (Å²) in [5.41, 5.74) is -0.232. The number of carbonyl (C=O) groups excluding carboxylic acids is 1. The Bertz CT molecular complexity index is 657. The Hall–Kier alpha value is -1.35.